The van der Waals surface area contributed by atoms with Gasteiger partial charge in [-0.25, -0.2) is 4.98 Å². The fraction of sp³-hybridized carbons (Fsp3) is 0.312. The van der Waals surface area contributed by atoms with Crippen LogP contribution in [0, 0.1) is 0 Å². The van der Waals surface area contributed by atoms with E-state index in [-0.39, 0.29) is 17.9 Å². The van der Waals surface area contributed by atoms with Gasteiger partial charge in [0.25, 0.3) is 0 Å². The molecule has 0 saturated carbocycles. The SMILES string of the molecule is COc1cccc(Nc2nc(N)nc3c2ncn3C2CCCO2)c1O. The molecule has 25 heavy (non-hydrogen) atoms. The molecule has 0 aliphatic carbocycles. The van der Waals surface area contributed by atoms with Crippen molar-refractivity contribution in [2.45, 2.75) is 19.1 Å². The minimum atomic E-state index is -0.0997. The van der Waals surface area contributed by atoms with Gasteiger partial charge in [-0.15, -0.1) is 0 Å². The van der Waals surface area contributed by atoms with Gasteiger partial charge in [-0.2, -0.15) is 9.97 Å². The van der Waals surface area contributed by atoms with Crippen LogP contribution in [0.15, 0.2) is 24.5 Å². The van der Waals surface area contributed by atoms with E-state index in [9.17, 15) is 5.11 Å². The minimum absolute atomic E-state index is 0.0195. The summed E-state index contributed by atoms with van der Waals surface area (Å²) < 4.78 is 12.7. The Balaban J connectivity index is 1.77. The molecule has 0 radical (unpaired) electrons. The molecule has 1 saturated heterocycles. The van der Waals surface area contributed by atoms with E-state index in [1.54, 1.807) is 24.5 Å². The van der Waals surface area contributed by atoms with Crippen LogP contribution in [0.5, 0.6) is 11.5 Å². The predicted octanol–water partition coefficient (Wildman–Crippen LogP) is 2.18. The minimum Gasteiger partial charge on any atom is -0.503 e. The quantitative estimate of drug-likeness (QED) is 0.617. The Kier molecular flexibility index (Phi) is 3.77. The first-order valence-electron chi connectivity index (χ1n) is 7.92. The lowest BCUT2D eigenvalue weighted by Gasteiger charge is -2.13. The fourth-order valence-corrected chi connectivity index (χ4v) is 2.93. The number of para-hydroxylation sites is 1. The number of nitrogen functional groups attached to an aromatic ring is 1. The van der Waals surface area contributed by atoms with Gasteiger partial charge in [-0.3, -0.25) is 4.57 Å². The number of hydrogen-bond acceptors (Lipinski definition) is 8. The van der Waals surface area contributed by atoms with Crippen molar-refractivity contribution in [3.05, 3.63) is 24.5 Å². The van der Waals surface area contributed by atoms with Gasteiger partial charge in [-0.1, -0.05) is 6.07 Å². The number of aromatic hydroxyl groups is 1. The van der Waals surface area contributed by atoms with Gasteiger partial charge < -0.3 is 25.6 Å². The predicted molar refractivity (Wildman–Crippen MR) is 91.9 cm³/mol. The van der Waals surface area contributed by atoms with Crippen LogP contribution in [-0.4, -0.2) is 38.3 Å². The van der Waals surface area contributed by atoms with Gasteiger partial charge >= 0.3 is 0 Å². The van der Waals surface area contributed by atoms with Crippen molar-refractivity contribution >= 4 is 28.6 Å². The molecule has 1 aliphatic heterocycles. The molecular formula is C16H18N6O3. The largest absolute Gasteiger partial charge is 0.503 e. The van der Waals surface area contributed by atoms with E-state index in [1.165, 1.54) is 7.11 Å². The monoisotopic (exact) mass is 342 g/mol. The summed E-state index contributed by atoms with van der Waals surface area (Å²) >= 11 is 0. The van der Waals surface area contributed by atoms with Gasteiger partial charge in [0.2, 0.25) is 5.95 Å². The van der Waals surface area contributed by atoms with Crippen LogP contribution >= 0.6 is 0 Å². The third-order valence-corrected chi connectivity index (χ3v) is 4.13. The fourth-order valence-electron chi connectivity index (χ4n) is 2.93. The molecule has 1 fully saturated rings. The zero-order valence-corrected chi connectivity index (χ0v) is 13.6. The second-order valence-electron chi connectivity index (χ2n) is 5.70. The maximum atomic E-state index is 10.3. The maximum absolute atomic E-state index is 10.3. The third kappa shape index (κ3) is 2.68. The molecular weight excluding hydrogens is 324 g/mol. The highest BCUT2D eigenvalue weighted by molar-refractivity contribution is 5.87. The van der Waals surface area contributed by atoms with E-state index in [0.717, 1.165) is 12.8 Å². The Bertz CT molecular complexity index is 920. The van der Waals surface area contributed by atoms with Crippen molar-refractivity contribution in [1.29, 1.82) is 0 Å². The molecule has 4 rings (SSSR count). The number of aromatic nitrogens is 4. The number of phenols is 1. The van der Waals surface area contributed by atoms with Crippen LogP contribution in [-0.2, 0) is 4.74 Å². The summed E-state index contributed by atoms with van der Waals surface area (Å²) in [6.07, 6.45) is 3.46. The van der Waals surface area contributed by atoms with Crippen LogP contribution in [0.3, 0.4) is 0 Å². The first kappa shape index (κ1) is 15.5. The number of ether oxygens (including phenoxy) is 2. The number of hydrogen-bond donors (Lipinski definition) is 3. The summed E-state index contributed by atoms with van der Waals surface area (Å²) in [4.78, 5) is 12.9. The lowest BCUT2D eigenvalue weighted by atomic mass is 10.2. The van der Waals surface area contributed by atoms with Crippen LogP contribution in [0.4, 0.5) is 17.5 Å². The van der Waals surface area contributed by atoms with E-state index in [4.69, 9.17) is 15.2 Å². The molecule has 1 aromatic carbocycles. The molecule has 3 aromatic rings. The van der Waals surface area contributed by atoms with E-state index in [1.807, 2.05) is 4.57 Å². The number of nitrogens with two attached hydrogens (primary N) is 1. The molecule has 0 amide bonds. The summed E-state index contributed by atoms with van der Waals surface area (Å²) in [5.41, 5.74) is 7.44. The van der Waals surface area contributed by atoms with E-state index in [2.05, 4.69) is 20.3 Å². The van der Waals surface area contributed by atoms with Crippen molar-refractivity contribution in [2.75, 3.05) is 24.8 Å². The van der Waals surface area contributed by atoms with Crippen molar-refractivity contribution in [3.63, 3.8) is 0 Å². The molecule has 9 heteroatoms. The molecule has 1 aliphatic rings. The molecule has 3 heterocycles. The van der Waals surface area contributed by atoms with Crippen LogP contribution in [0.25, 0.3) is 11.2 Å². The Morgan fingerprint density at radius 2 is 2.28 bits per heavy atom. The number of methoxy groups -OCH3 is 1. The standard InChI is InChI=1S/C16H18N6O3/c1-24-10-5-2-4-9(13(10)23)19-14-12-15(21-16(17)20-14)22(8-18-12)11-6-3-7-25-11/h2,4-5,8,11,23H,3,6-7H2,1H3,(H3,17,19,20,21). The summed E-state index contributed by atoms with van der Waals surface area (Å²) in [6.45, 7) is 0.716. The first-order chi connectivity index (χ1) is 12.2. The number of imidazole rings is 1. The molecule has 0 bridgehead atoms. The second-order valence-corrected chi connectivity index (χ2v) is 5.70. The zero-order chi connectivity index (χ0) is 17.4. The molecule has 1 unspecified atom stereocenters. The summed E-state index contributed by atoms with van der Waals surface area (Å²) in [7, 11) is 1.49. The van der Waals surface area contributed by atoms with E-state index in [0.29, 0.717) is 35.0 Å². The summed E-state index contributed by atoms with van der Waals surface area (Å²) in [5, 5.41) is 13.3. The number of nitrogens with one attached hydrogen (secondary N) is 1. The van der Waals surface area contributed by atoms with Crippen molar-refractivity contribution in [3.8, 4) is 11.5 Å². The Morgan fingerprint density at radius 3 is 3.04 bits per heavy atom. The Morgan fingerprint density at radius 1 is 1.40 bits per heavy atom. The zero-order valence-electron chi connectivity index (χ0n) is 13.6. The molecule has 9 nitrogen and oxygen atoms in total. The average molecular weight is 342 g/mol. The molecule has 2 aromatic heterocycles. The van der Waals surface area contributed by atoms with Crippen LogP contribution < -0.4 is 15.8 Å². The van der Waals surface area contributed by atoms with Gasteiger partial charge in [0.15, 0.2) is 28.5 Å². The van der Waals surface area contributed by atoms with Crippen LogP contribution in [0.2, 0.25) is 0 Å². The van der Waals surface area contributed by atoms with E-state index >= 15 is 0 Å². The van der Waals surface area contributed by atoms with Crippen molar-refractivity contribution in [2.24, 2.45) is 0 Å². The lowest BCUT2D eigenvalue weighted by molar-refractivity contribution is 0.0593. The van der Waals surface area contributed by atoms with Gasteiger partial charge in [0, 0.05) is 6.61 Å². The third-order valence-electron chi connectivity index (χ3n) is 4.13. The van der Waals surface area contributed by atoms with Gasteiger partial charge in [0.1, 0.15) is 6.23 Å². The van der Waals surface area contributed by atoms with Crippen molar-refractivity contribution in [1.82, 2.24) is 19.5 Å². The Hall–Kier alpha value is -3.07. The topological polar surface area (TPSA) is 120 Å². The second kappa shape index (κ2) is 6.10. The van der Waals surface area contributed by atoms with Gasteiger partial charge in [-0.05, 0) is 25.0 Å². The number of rotatable bonds is 4. The number of benzene rings is 1. The highest BCUT2D eigenvalue weighted by Gasteiger charge is 2.22. The molecule has 1 atom stereocenters. The average Bonchev–Trinajstić information content (AvgIpc) is 3.25. The lowest BCUT2D eigenvalue weighted by Crippen LogP contribution is -2.08. The maximum Gasteiger partial charge on any atom is 0.224 e. The highest BCUT2D eigenvalue weighted by Crippen LogP contribution is 2.36. The van der Waals surface area contributed by atoms with Crippen LogP contribution in [0.1, 0.15) is 19.1 Å². The first-order valence-corrected chi connectivity index (χ1v) is 7.92. The summed E-state index contributed by atoms with van der Waals surface area (Å²) in [5.74, 6) is 0.849. The molecule has 4 N–H and O–H groups in total. The smallest absolute Gasteiger partial charge is 0.224 e. The highest BCUT2D eigenvalue weighted by atomic mass is 16.5. The molecule has 0 spiro atoms. The Labute approximate surface area is 143 Å². The van der Waals surface area contributed by atoms with E-state index < -0.39 is 0 Å². The summed E-state index contributed by atoms with van der Waals surface area (Å²) in [6, 6.07) is 5.13. The number of anilines is 3. The number of fused-ring (bicyclic) bond motifs is 1. The van der Waals surface area contributed by atoms with Gasteiger partial charge in [0.05, 0.1) is 19.1 Å². The molecule has 130 valence electrons. The van der Waals surface area contributed by atoms with Crippen molar-refractivity contribution < 1.29 is 14.6 Å². The number of phenolic OH excluding ortho intramolecular Hbond substituents is 1. The normalized spacial score (nSPS) is 17.1. The number of nitrogens with zero attached hydrogens (tertiary/aromatic N) is 4.